The van der Waals surface area contributed by atoms with Crippen LogP contribution in [0, 0.1) is 18.7 Å². The van der Waals surface area contributed by atoms with Gasteiger partial charge in [-0.25, -0.2) is 9.37 Å². The van der Waals surface area contributed by atoms with Crippen LogP contribution < -0.4 is 5.32 Å². The molecule has 0 atom stereocenters. The number of halogens is 1. The molecule has 2 heterocycles. The van der Waals surface area contributed by atoms with Crippen molar-refractivity contribution >= 4 is 28.2 Å². The first-order valence-corrected chi connectivity index (χ1v) is 9.73. The standard InChI is InChI=1S/C23H24FN3O/c1-15-9-11-27(12-10-15)23(28)22-14-21(18-5-3-4-6-20(18)26-22)25-19-8-7-17(24)13-16(19)2/h3-8,13-15H,9-12H2,1-2H3,(H,25,26). The Morgan fingerprint density at radius 1 is 1.11 bits per heavy atom. The number of rotatable bonds is 3. The zero-order chi connectivity index (χ0) is 19.7. The number of pyridine rings is 1. The highest BCUT2D eigenvalue weighted by Crippen LogP contribution is 2.29. The first-order valence-electron chi connectivity index (χ1n) is 9.73. The summed E-state index contributed by atoms with van der Waals surface area (Å²) in [6.45, 7) is 5.63. The number of aromatic nitrogens is 1. The Bertz CT molecular complexity index is 1030. The third-order valence-corrected chi connectivity index (χ3v) is 5.46. The topological polar surface area (TPSA) is 45.2 Å². The Hall–Kier alpha value is -2.95. The van der Waals surface area contributed by atoms with Crippen LogP contribution in [0.15, 0.2) is 48.5 Å². The summed E-state index contributed by atoms with van der Waals surface area (Å²) in [5.74, 6) is 0.363. The van der Waals surface area contributed by atoms with Gasteiger partial charge in [-0.3, -0.25) is 4.79 Å². The second kappa shape index (κ2) is 7.58. The minimum atomic E-state index is -0.266. The van der Waals surface area contributed by atoms with E-state index in [9.17, 15) is 9.18 Å². The van der Waals surface area contributed by atoms with Gasteiger partial charge in [-0.2, -0.15) is 0 Å². The summed E-state index contributed by atoms with van der Waals surface area (Å²) in [6, 6.07) is 14.2. The van der Waals surface area contributed by atoms with E-state index >= 15 is 0 Å². The molecule has 1 aliphatic heterocycles. The van der Waals surface area contributed by atoms with Crippen molar-refractivity contribution in [1.82, 2.24) is 9.88 Å². The van der Waals surface area contributed by atoms with E-state index in [1.54, 1.807) is 6.07 Å². The van der Waals surface area contributed by atoms with E-state index in [2.05, 4.69) is 17.2 Å². The van der Waals surface area contributed by atoms with E-state index in [1.165, 1.54) is 12.1 Å². The molecule has 0 saturated carbocycles. The number of nitrogens with zero attached hydrogens (tertiary/aromatic N) is 2. The molecule has 28 heavy (non-hydrogen) atoms. The molecule has 0 spiro atoms. The van der Waals surface area contributed by atoms with Gasteiger partial charge in [-0.1, -0.05) is 25.1 Å². The summed E-state index contributed by atoms with van der Waals surface area (Å²) in [7, 11) is 0. The normalized spacial score (nSPS) is 15.0. The number of nitrogens with one attached hydrogen (secondary N) is 1. The average molecular weight is 377 g/mol. The van der Waals surface area contributed by atoms with Crippen molar-refractivity contribution in [2.24, 2.45) is 5.92 Å². The third-order valence-electron chi connectivity index (χ3n) is 5.46. The molecular weight excluding hydrogens is 353 g/mol. The van der Waals surface area contributed by atoms with Gasteiger partial charge in [0.1, 0.15) is 11.5 Å². The Kier molecular flexibility index (Phi) is 4.99. The molecule has 4 rings (SSSR count). The summed E-state index contributed by atoms with van der Waals surface area (Å²) < 4.78 is 13.5. The molecule has 1 N–H and O–H groups in total. The van der Waals surface area contributed by atoms with E-state index in [0.29, 0.717) is 11.6 Å². The third kappa shape index (κ3) is 3.70. The lowest BCUT2D eigenvalue weighted by molar-refractivity contribution is 0.0691. The van der Waals surface area contributed by atoms with Gasteiger partial charge in [0.15, 0.2) is 0 Å². The van der Waals surface area contributed by atoms with Crippen LogP contribution in [-0.4, -0.2) is 28.9 Å². The van der Waals surface area contributed by atoms with Crippen LogP contribution in [0.4, 0.5) is 15.8 Å². The molecular formula is C23H24FN3O. The van der Waals surface area contributed by atoms with Gasteiger partial charge in [-0.05, 0) is 61.6 Å². The van der Waals surface area contributed by atoms with Crippen molar-refractivity contribution in [1.29, 1.82) is 0 Å². The second-order valence-electron chi connectivity index (χ2n) is 7.63. The lowest BCUT2D eigenvalue weighted by Gasteiger charge is -2.30. The summed E-state index contributed by atoms with van der Waals surface area (Å²) in [6.07, 6.45) is 2.05. The smallest absolute Gasteiger partial charge is 0.272 e. The number of carbonyl (C=O) groups excluding carboxylic acids is 1. The molecule has 0 radical (unpaired) electrons. The maximum absolute atomic E-state index is 13.5. The minimum absolute atomic E-state index is 0.0310. The monoisotopic (exact) mass is 377 g/mol. The molecule has 1 aromatic heterocycles. The van der Waals surface area contributed by atoms with Gasteiger partial charge in [0.2, 0.25) is 0 Å². The van der Waals surface area contributed by atoms with Crippen molar-refractivity contribution in [2.75, 3.05) is 18.4 Å². The molecule has 1 amide bonds. The number of piperidine rings is 1. The molecule has 1 aliphatic rings. The number of anilines is 2. The SMILES string of the molecule is Cc1cc(F)ccc1Nc1cc(C(=O)N2CCC(C)CC2)nc2ccccc12. The fourth-order valence-electron chi connectivity index (χ4n) is 3.67. The summed E-state index contributed by atoms with van der Waals surface area (Å²) in [4.78, 5) is 19.6. The minimum Gasteiger partial charge on any atom is -0.355 e. The number of aryl methyl sites for hydroxylation is 1. The van der Waals surface area contributed by atoms with Gasteiger partial charge in [0, 0.05) is 24.2 Å². The molecule has 3 aromatic rings. The fraction of sp³-hybridized carbons (Fsp3) is 0.304. The van der Waals surface area contributed by atoms with E-state index < -0.39 is 0 Å². The number of carbonyl (C=O) groups is 1. The van der Waals surface area contributed by atoms with Crippen LogP contribution in [0.1, 0.15) is 35.8 Å². The van der Waals surface area contributed by atoms with Gasteiger partial charge < -0.3 is 10.2 Å². The number of hydrogen-bond acceptors (Lipinski definition) is 3. The number of fused-ring (bicyclic) bond motifs is 1. The molecule has 5 heteroatoms. The van der Waals surface area contributed by atoms with Gasteiger partial charge in [-0.15, -0.1) is 0 Å². The van der Waals surface area contributed by atoms with Crippen LogP contribution in [0.5, 0.6) is 0 Å². The Labute approximate surface area is 164 Å². The number of amides is 1. The number of benzene rings is 2. The highest BCUT2D eigenvalue weighted by atomic mass is 19.1. The lowest BCUT2D eigenvalue weighted by Crippen LogP contribution is -2.38. The quantitative estimate of drug-likeness (QED) is 0.674. The first-order chi connectivity index (χ1) is 13.5. The zero-order valence-corrected chi connectivity index (χ0v) is 16.2. The van der Waals surface area contributed by atoms with E-state index in [1.807, 2.05) is 42.2 Å². The maximum Gasteiger partial charge on any atom is 0.272 e. The Morgan fingerprint density at radius 3 is 2.61 bits per heavy atom. The molecule has 4 nitrogen and oxygen atoms in total. The fourth-order valence-corrected chi connectivity index (χ4v) is 3.67. The number of likely N-dealkylation sites (tertiary alicyclic amines) is 1. The molecule has 1 fully saturated rings. The summed E-state index contributed by atoms with van der Waals surface area (Å²) >= 11 is 0. The Morgan fingerprint density at radius 2 is 1.86 bits per heavy atom. The summed E-state index contributed by atoms with van der Waals surface area (Å²) in [5.41, 5.74) is 3.62. The van der Waals surface area contributed by atoms with E-state index in [-0.39, 0.29) is 11.7 Å². The maximum atomic E-state index is 13.5. The Balaban J connectivity index is 1.72. The molecule has 0 aliphatic carbocycles. The van der Waals surface area contributed by atoms with Gasteiger partial charge >= 0.3 is 0 Å². The second-order valence-corrected chi connectivity index (χ2v) is 7.63. The summed E-state index contributed by atoms with van der Waals surface area (Å²) in [5, 5.41) is 4.30. The van der Waals surface area contributed by atoms with E-state index in [4.69, 9.17) is 0 Å². The first kappa shape index (κ1) is 18.4. The average Bonchev–Trinajstić information content (AvgIpc) is 2.70. The van der Waals surface area contributed by atoms with Crippen LogP contribution >= 0.6 is 0 Å². The zero-order valence-electron chi connectivity index (χ0n) is 16.2. The van der Waals surface area contributed by atoms with E-state index in [0.717, 1.165) is 53.8 Å². The molecule has 144 valence electrons. The van der Waals surface area contributed by atoms with Crippen molar-refractivity contribution in [3.63, 3.8) is 0 Å². The molecule has 2 aromatic carbocycles. The molecule has 1 saturated heterocycles. The van der Waals surface area contributed by atoms with Crippen molar-refractivity contribution in [3.05, 3.63) is 65.6 Å². The number of hydrogen-bond donors (Lipinski definition) is 1. The predicted octanol–water partition coefficient (Wildman–Crippen LogP) is 5.30. The lowest BCUT2D eigenvalue weighted by atomic mass is 9.99. The van der Waals surface area contributed by atoms with Crippen LogP contribution in [-0.2, 0) is 0 Å². The van der Waals surface area contributed by atoms with Crippen LogP contribution in [0.3, 0.4) is 0 Å². The molecule has 0 unspecified atom stereocenters. The van der Waals surface area contributed by atoms with Crippen molar-refractivity contribution in [3.8, 4) is 0 Å². The highest BCUT2D eigenvalue weighted by Gasteiger charge is 2.23. The van der Waals surface area contributed by atoms with Crippen molar-refractivity contribution < 1.29 is 9.18 Å². The number of para-hydroxylation sites is 1. The highest BCUT2D eigenvalue weighted by molar-refractivity contribution is 6.00. The van der Waals surface area contributed by atoms with Crippen molar-refractivity contribution in [2.45, 2.75) is 26.7 Å². The predicted molar refractivity (Wildman–Crippen MR) is 110 cm³/mol. The van der Waals surface area contributed by atoms with Gasteiger partial charge in [0.05, 0.1) is 11.2 Å². The van der Waals surface area contributed by atoms with Crippen LogP contribution in [0.25, 0.3) is 10.9 Å². The largest absolute Gasteiger partial charge is 0.355 e. The molecule has 0 bridgehead atoms. The van der Waals surface area contributed by atoms with Gasteiger partial charge in [0.25, 0.3) is 5.91 Å². The van der Waals surface area contributed by atoms with Crippen LogP contribution in [0.2, 0.25) is 0 Å².